The first-order valence-corrected chi connectivity index (χ1v) is 6.40. The van der Waals surface area contributed by atoms with Gasteiger partial charge in [0.15, 0.2) is 0 Å². The molecule has 5 heteroatoms. The Hall–Kier alpha value is 0.644. The third-order valence-electron chi connectivity index (χ3n) is 1.63. The quantitative estimate of drug-likeness (QED) is 0.491. The van der Waals surface area contributed by atoms with Crippen LogP contribution < -0.4 is 0 Å². The molecule has 2 nitrogen and oxygen atoms in total. The normalized spacial score (nSPS) is 10.9. The van der Waals surface area contributed by atoms with Crippen LogP contribution in [0.25, 0.3) is 0 Å². The minimum absolute atomic E-state index is 0. The lowest BCUT2D eigenvalue weighted by Crippen LogP contribution is -2.35. The largest absolute Gasteiger partial charge is 0.398 e. The molecule has 11 heavy (non-hydrogen) atoms. The van der Waals surface area contributed by atoms with Crippen LogP contribution in [-0.4, -0.2) is 39.6 Å². The van der Waals surface area contributed by atoms with Gasteiger partial charge in [0, 0.05) is 20.1 Å². The molecule has 0 radical (unpaired) electrons. The summed E-state index contributed by atoms with van der Waals surface area (Å²) in [7, 11) is 1.59. The molecule has 70 valence electrons. The zero-order valence-corrected chi connectivity index (χ0v) is 8.57. The van der Waals surface area contributed by atoms with Gasteiger partial charge >= 0.3 is 8.56 Å². The van der Waals surface area contributed by atoms with Gasteiger partial charge in [0.25, 0.3) is 0 Å². The van der Waals surface area contributed by atoms with E-state index in [2.05, 4.69) is 0 Å². The van der Waals surface area contributed by atoms with Crippen molar-refractivity contribution in [3.05, 3.63) is 0 Å². The Bertz CT molecular complexity index is 88.7. The summed E-state index contributed by atoms with van der Waals surface area (Å²) in [6, 6.07) is 0.976. The van der Waals surface area contributed by atoms with Crippen molar-refractivity contribution in [1.29, 1.82) is 0 Å². The Morgan fingerprint density at radius 1 is 1.27 bits per heavy atom. The fraction of sp³-hybridized carbons (Fsp3) is 1.00. The lowest BCUT2D eigenvalue weighted by molar-refractivity contribution is 0.249. The summed E-state index contributed by atoms with van der Waals surface area (Å²) in [5.41, 5.74) is 0. The molecule has 0 atom stereocenters. The van der Waals surface area contributed by atoms with Crippen LogP contribution in [0, 0.1) is 0 Å². The van der Waals surface area contributed by atoms with Gasteiger partial charge in [-0.05, 0) is 30.0 Å². The van der Waals surface area contributed by atoms with E-state index in [9.17, 15) is 0 Å². The van der Waals surface area contributed by atoms with E-state index in [0.717, 1.165) is 12.5 Å². The average molecular weight is 215 g/mol. The van der Waals surface area contributed by atoms with E-state index in [-0.39, 0.29) is 11.0 Å². The van der Waals surface area contributed by atoms with Gasteiger partial charge in [0.1, 0.15) is 0 Å². The monoisotopic (exact) mass is 214 g/mol. The van der Waals surface area contributed by atoms with Crippen LogP contribution in [0.4, 0.5) is 0 Å². The molecule has 0 heterocycles. The van der Waals surface area contributed by atoms with Gasteiger partial charge in [0.05, 0.1) is 0 Å². The molecule has 0 aromatic rings. The van der Waals surface area contributed by atoms with Crippen molar-refractivity contribution in [2.75, 3.05) is 20.1 Å². The second-order valence-corrected chi connectivity index (χ2v) is 6.30. The zero-order chi connectivity index (χ0) is 8.04. The van der Waals surface area contributed by atoms with Crippen LogP contribution in [0.1, 0.15) is 6.42 Å². The standard InChI is InChI=1S/C6H15ClO2Si.H4Si/c1-8-10(3,9-2)6-4-5-7;/h4-6H2,1-3H3;1H4. The van der Waals surface area contributed by atoms with Gasteiger partial charge in [-0.3, -0.25) is 0 Å². The van der Waals surface area contributed by atoms with Crippen molar-refractivity contribution < 1.29 is 8.85 Å². The van der Waals surface area contributed by atoms with Gasteiger partial charge in [-0.15, -0.1) is 11.6 Å². The molecule has 0 aliphatic carbocycles. The molecule has 0 fully saturated rings. The summed E-state index contributed by atoms with van der Waals surface area (Å²) in [5, 5.41) is 0. The van der Waals surface area contributed by atoms with E-state index in [1.54, 1.807) is 14.2 Å². The summed E-state index contributed by atoms with van der Waals surface area (Å²) >= 11 is 5.53. The molecule has 0 aliphatic heterocycles. The smallest absolute Gasteiger partial charge is 0.334 e. The van der Waals surface area contributed by atoms with Gasteiger partial charge in [0.2, 0.25) is 0 Å². The fourth-order valence-electron chi connectivity index (χ4n) is 0.675. The van der Waals surface area contributed by atoms with Gasteiger partial charge < -0.3 is 8.85 Å². The Kier molecular flexibility index (Phi) is 9.41. The van der Waals surface area contributed by atoms with Gasteiger partial charge in [-0.25, -0.2) is 0 Å². The minimum atomic E-state index is -1.80. The Morgan fingerprint density at radius 3 is 2.00 bits per heavy atom. The van der Waals surface area contributed by atoms with Crippen LogP contribution >= 0.6 is 11.6 Å². The van der Waals surface area contributed by atoms with Gasteiger partial charge in [-0.1, -0.05) is 0 Å². The van der Waals surface area contributed by atoms with E-state index >= 15 is 0 Å². The molecule has 0 saturated carbocycles. The Morgan fingerprint density at radius 2 is 1.73 bits per heavy atom. The van der Waals surface area contributed by atoms with Gasteiger partial charge in [-0.2, -0.15) is 0 Å². The topological polar surface area (TPSA) is 18.5 Å². The maximum Gasteiger partial charge on any atom is 0.334 e. The number of hydrogen-bond acceptors (Lipinski definition) is 2. The number of alkyl halides is 1. The van der Waals surface area contributed by atoms with E-state index in [4.69, 9.17) is 20.5 Å². The van der Waals surface area contributed by atoms with Crippen molar-refractivity contribution in [3.63, 3.8) is 0 Å². The maximum atomic E-state index is 5.53. The van der Waals surface area contributed by atoms with Crippen molar-refractivity contribution >= 4 is 31.1 Å². The average Bonchev–Trinajstić information content (AvgIpc) is 2.00. The van der Waals surface area contributed by atoms with E-state index in [0.29, 0.717) is 5.88 Å². The Balaban J connectivity index is 0. The summed E-state index contributed by atoms with van der Waals surface area (Å²) in [5.74, 6) is 0.690. The highest BCUT2D eigenvalue weighted by Crippen LogP contribution is 2.13. The maximum absolute atomic E-state index is 5.53. The molecule has 0 spiro atoms. The molecule has 0 unspecified atom stereocenters. The number of halogens is 1. The molecule has 0 saturated heterocycles. The molecule has 0 bridgehead atoms. The van der Waals surface area contributed by atoms with Crippen LogP contribution in [0.5, 0.6) is 0 Å². The zero-order valence-electron chi connectivity index (χ0n) is 6.82. The third kappa shape index (κ3) is 5.87. The number of hydrogen-bond donors (Lipinski definition) is 0. The lowest BCUT2D eigenvalue weighted by Gasteiger charge is -2.21. The van der Waals surface area contributed by atoms with Crippen LogP contribution in [0.2, 0.25) is 12.6 Å². The van der Waals surface area contributed by atoms with Crippen LogP contribution in [-0.2, 0) is 8.85 Å². The SMILES string of the molecule is CO[Si](C)(CCCCl)OC.[SiH4]. The first-order valence-electron chi connectivity index (χ1n) is 3.35. The van der Waals surface area contributed by atoms with Crippen LogP contribution in [0.3, 0.4) is 0 Å². The lowest BCUT2D eigenvalue weighted by atomic mass is 10.6. The number of rotatable bonds is 5. The highest BCUT2D eigenvalue weighted by atomic mass is 35.5. The summed E-state index contributed by atoms with van der Waals surface area (Å²) in [6.45, 7) is 2.04. The minimum Gasteiger partial charge on any atom is -0.398 e. The molecule has 0 aliphatic rings. The molecule has 0 rings (SSSR count). The predicted octanol–water partition coefficient (Wildman–Crippen LogP) is 0.528. The summed E-state index contributed by atoms with van der Waals surface area (Å²) in [4.78, 5) is 0. The van der Waals surface area contributed by atoms with Crippen molar-refractivity contribution in [1.82, 2.24) is 0 Å². The fourth-order valence-corrected chi connectivity index (χ4v) is 2.43. The molecular weight excluding hydrogens is 196 g/mol. The molecule has 0 amide bonds. The van der Waals surface area contributed by atoms with Crippen LogP contribution in [0.15, 0.2) is 0 Å². The summed E-state index contributed by atoms with van der Waals surface area (Å²) in [6.07, 6.45) is 0.978. The van der Waals surface area contributed by atoms with Crippen molar-refractivity contribution in [2.24, 2.45) is 0 Å². The predicted molar refractivity (Wildman–Crippen MR) is 57.1 cm³/mol. The highest BCUT2D eigenvalue weighted by Gasteiger charge is 2.27. The molecule has 0 N–H and O–H groups in total. The first-order chi connectivity index (χ1) is 4.68. The van der Waals surface area contributed by atoms with E-state index < -0.39 is 8.56 Å². The van der Waals surface area contributed by atoms with E-state index in [1.807, 2.05) is 6.55 Å². The summed E-state index contributed by atoms with van der Waals surface area (Å²) < 4.78 is 10.5. The first kappa shape index (κ1) is 14.2. The molecule has 0 aromatic carbocycles. The Labute approximate surface area is 79.5 Å². The third-order valence-corrected chi connectivity index (χ3v) is 4.88. The molecular formula is C6H19ClO2Si2. The van der Waals surface area contributed by atoms with Crippen molar-refractivity contribution in [2.45, 2.75) is 19.0 Å². The van der Waals surface area contributed by atoms with Crippen molar-refractivity contribution in [3.8, 4) is 0 Å². The second kappa shape index (κ2) is 7.30. The highest BCUT2D eigenvalue weighted by molar-refractivity contribution is 6.65. The second-order valence-electron chi connectivity index (χ2n) is 2.33. The molecule has 0 aromatic heterocycles. The van der Waals surface area contributed by atoms with E-state index in [1.165, 1.54) is 0 Å².